The average Bonchev–Trinajstić information content (AvgIpc) is 3.02. The molecule has 0 bridgehead atoms. The molecule has 1 saturated carbocycles. The van der Waals surface area contributed by atoms with Crippen molar-refractivity contribution < 1.29 is 9.90 Å². The van der Waals surface area contributed by atoms with Crippen molar-refractivity contribution in [1.29, 1.82) is 0 Å². The van der Waals surface area contributed by atoms with Gasteiger partial charge in [0.2, 0.25) is 0 Å². The molecule has 0 unspecified atom stereocenters. The Morgan fingerprint density at radius 1 is 1.53 bits per heavy atom. The minimum atomic E-state index is -0.669. The molecule has 1 aromatic rings. The maximum absolute atomic E-state index is 11.2. The lowest BCUT2D eigenvalue weighted by Gasteiger charge is -2.25. The molecule has 0 atom stereocenters. The fourth-order valence-electron chi connectivity index (χ4n) is 2.12. The van der Waals surface area contributed by atoms with Crippen LogP contribution in [0.3, 0.4) is 0 Å². The smallest absolute Gasteiger partial charge is 0.311 e. The van der Waals surface area contributed by atoms with Crippen LogP contribution in [-0.2, 0) is 4.79 Å². The molecule has 3 nitrogen and oxygen atoms in total. The zero-order valence-electron chi connectivity index (χ0n) is 10.0. The standard InChI is InChI=1S/C13H16BrNO2/c1-9-3-4-10(14)7-11(9)15(2)8-13(5-6-13)12(16)17/h3-4,7H,5-6,8H2,1-2H3,(H,16,17). The van der Waals surface area contributed by atoms with Gasteiger partial charge in [0.15, 0.2) is 0 Å². The molecule has 1 aliphatic rings. The normalized spacial score (nSPS) is 16.6. The van der Waals surface area contributed by atoms with Crippen LogP contribution in [0, 0.1) is 12.3 Å². The number of hydrogen-bond donors (Lipinski definition) is 1. The van der Waals surface area contributed by atoms with Gasteiger partial charge in [-0.15, -0.1) is 0 Å². The van der Waals surface area contributed by atoms with Gasteiger partial charge in [-0.25, -0.2) is 0 Å². The molecule has 92 valence electrons. The van der Waals surface area contributed by atoms with Crippen molar-refractivity contribution in [3.05, 3.63) is 28.2 Å². The van der Waals surface area contributed by atoms with Crippen LogP contribution < -0.4 is 4.90 Å². The summed E-state index contributed by atoms with van der Waals surface area (Å²) in [6.07, 6.45) is 1.58. The van der Waals surface area contributed by atoms with Crippen LogP contribution in [0.2, 0.25) is 0 Å². The molecule has 17 heavy (non-hydrogen) atoms. The fourth-order valence-corrected chi connectivity index (χ4v) is 2.47. The second kappa shape index (κ2) is 4.33. The first-order valence-corrected chi connectivity index (χ1v) is 6.45. The van der Waals surface area contributed by atoms with E-state index >= 15 is 0 Å². The molecule has 1 fully saturated rings. The van der Waals surface area contributed by atoms with Gasteiger partial charge in [-0.1, -0.05) is 22.0 Å². The number of hydrogen-bond acceptors (Lipinski definition) is 2. The van der Waals surface area contributed by atoms with E-state index in [1.165, 1.54) is 0 Å². The van der Waals surface area contributed by atoms with Gasteiger partial charge in [0, 0.05) is 23.8 Å². The Bertz CT molecular complexity index is 455. The molecule has 4 heteroatoms. The predicted octanol–water partition coefficient (Wildman–Crippen LogP) is 3.06. The molecule has 0 aromatic heterocycles. The number of halogens is 1. The highest BCUT2D eigenvalue weighted by Crippen LogP contribution is 2.47. The van der Waals surface area contributed by atoms with E-state index in [0.717, 1.165) is 28.6 Å². The highest BCUT2D eigenvalue weighted by atomic mass is 79.9. The Morgan fingerprint density at radius 3 is 2.71 bits per heavy atom. The highest BCUT2D eigenvalue weighted by molar-refractivity contribution is 9.10. The van der Waals surface area contributed by atoms with Crippen molar-refractivity contribution in [1.82, 2.24) is 0 Å². The summed E-state index contributed by atoms with van der Waals surface area (Å²) < 4.78 is 1.02. The number of rotatable bonds is 4. The molecular formula is C13H16BrNO2. The van der Waals surface area contributed by atoms with Crippen LogP contribution in [0.5, 0.6) is 0 Å². The second-order valence-electron chi connectivity index (χ2n) is 4.87. The lowest BCUT2D eigenvalue weighted by molar-refractivity contribution is -0.142. The predicted molar refractivity (Wildman–Crippen MR) is 71.5 cm³/mol. The minimum Gasteiger partial charge on any atom is -0.481 e. The summed E-state index contributed by atoms with van der Waals surface area (Å²) in [5.74, 6) is -0.669. The zero-order chi connectivity index (χ0) is 12.6. The van der Waals surface area contributed by atoms with Crippen molar-refractivity contribution in [2.45, 2.75) is 19.8 Å². The Morgan fingerprint density at radius 2 is 2.18 bits per heavy atom. The van der Waals surface area contributed by atoms with E-state index < -0.39 is 11.4 Å². The van der Waals surface area contributed by atoms with Crippen molar-refractivity contribution in [3.63, 3.8) is 0 Å². The van der Waals surface area contributed by atoms with Gasteiger partial charge in [0.05, 0.1) is 5.41 Å². The van der Waals surface area contributed by atoms with Gasteiger partial charge in [0.25, 0.3) is 0 Å². The molecule has 0 amide bonds. The van der Waals surface area contributed by atoms with Crippen LogP contribution in [0.4, 0.5) is 5.69 Å². The highest BCUT2D eigenvalue weighted by Gasteiger charge is 2.51. The van der Waals surface area contributed by atoms with E-state index in [0.29, 0.717) is 6.54 Å². The molecule has 2 rings (SSSR count). The molecular weight excluding hydrogens is 282 g/mol. The Kier molecular flexibility index (Phi) is 3.17. The van der Waals surface area contributed by atoms with Crippen LogP contribution >= 0.6 is 15.9 Å². The Hall–Kier alpha value is -1.03. The van der Waals surface area contributed by atoms with Gasteiger partial charge in [-0.3, -0.25) is 4.79 Å². The van der Waals surface area contributed by atoms with Gasteiger partial charge >= 0.3 is 5.97 Å². The summed E-state index contributed by atoms with van der Waals surface area (Å²) in [7, 11) is 1.96. The van der Waals surface area contributed by atoms with Crippen molar-refractivity contribution in [3.8, 4) is 0 Å². The van der Waals surface area contributed by atoms with Gasteiger partial charge in [0.1, 0.15) is 0 Å². The number of aliphatic carboxylic acids is 1. The zero-order valence-corrected chi connectivity index (χ0v) is 11.6. The molecule has 0 saturated heterocycles. The van der Waals surface area contributed by atoms with Gasteiger partial charge in [-0.2, -0.15) is 0 Å². The van der Waals surface area contributed by atoms with Gasteiger partial charge in [-0.05, 0) is 37.5 Å². The third-order valence-corrected chi connectivity index (χ3v) is 3.92. The summed E-state index contributed by atoms with van der Waals surface area (Å²) in [6, 6.07) is 6.07. The molecule has 0 radical (unpaired) electrons. The number of nitrogens with zero attached hydrogens (tertiary/aromatic N) is 1. The summed E-state index contributed by atoms with van der Waals surface area (Å²) in [5.41, 5.74) is 1.74. The lowest BCUT2D eigenvalue weighted by atomic mass is 10.1. The first-order chi connectivity index (χ1) is 7.94. The largest absolute Gasteiger partial charge is 0.481 e. The van der Waals surface area contributed by atoms with Crippen LogP contribution in [0.15, 0.2) is 22.7 Å². The summed E-state index contributed by atoms with van der Waals surface area (Å²) >= 11 is 3.45. The Labute approximate surface area is 110 Å². The summed E-state index contributed by atoms with van der Waals surface area (Å²) in [4.78, 5) is 13.2. The van der Waals surface area contributed by atoms with Crippen LogP contribution in [0.1, 0.15) is 18.4 Å². The fraction of sp³-hybridized carbons (Fsp3) is 0.462. The van der Waals surface area contributed by atoms with E-state index in [2.05, 4.69) is 15.9 Å². The van der Waals surface area contributed by atoms with E-state index in [1.54, 1.807) is 0 Å². The summed E-state index contributed by atoms with van der Waals surface area (Å²) in [6.45, 7) is 2.62. The average molecular weight is 298 g/mol. The maximum atomic E-state index is 11.2. The quantitative estimate of drug-likeness (QED) is 0.928. The van der Waals surface area contributed by atoms with Crippen LogP contribution in [-0.4, -0.2) is 24.7 Å². The number of benzene rings is 1. The van der Waals surface area contributed by atoms with E-state index in [1.807, 2.05) is 37.1 Å². The van der Waals surface area contributed by atoms with Crippen molar-refractivity contribution in [2.75, 3.05) is 18.5 Å². The second-order valence-corrected chi connectivity index (χ2v) is 5.79. The first-order valence-electron chi connectivity index (χ1n) is 5.65. The lowest BCUT2D eigenvalue weighted by Crippen LogP contribution is -2.32. The van der Waals surface area contributed by atoms with E-state index in [4.69, 9.17) is 0 Å². The third-order valence-electron chi connectivity index (χ3n) is 3.43. The molecule has 1 N–H and O–H groups in total. The van der Waals surface area contributed by atoms with Crippen molar-refractivity contribution >= 4 is 27.6 Å². The topological polar surface area (TPSA) is 40.5 Å². The number of carboxylic acid groups (broad SMARTS) is 1. The van der Waals surface area contributed by atoms with Gasteiger partial charge < -0.3 is 10.0 Å². The SMILES string of the molecule is Cc1ccc(Br)cc1N(C)CC1(C(=O)O)CC1. The molecule has 0 aliphatic heterocycles. The minimum absolute atomic E-state index is 0.510. The molecule has 0 spiro atoms. The van der Waals surface area contributed by atoms with Crippen molar-refractivity contribution in [2.24, 2.45) is 5.41 Å². The number of aryl methyl sites for hydroxylation is 1. The number of anilines is 1. The number of carboxylic acids is 1. The Balaban J connectivity index is 2.17. The maximum Gasteiger partial charge on any atom is 0.311 e. The number of carbonyl (C=O) groups is 1. The molecule has 0 heterocycles. The monoisotopic (exact) mass is 297 g/mol. The first kappa shape index (κ1) is 12.4. The summed E-state index contributed by atoms with van der Waals surface area (Å²) in [5, 5.41) is 9.19. The third kappa shape index (κ3) is 2.46. The van der Waals surface area contributed by atoms with E-state index in [9.17, 15) is 9.90 Å². The molecule has 1 aliphatic carbocycles. The van der Waals surface area contributed by atoms with Crippen LogP contribution in [0.25, 0.3) is 0 Å². The van der Waals surface area contributed by atoms with E-state index in [-0.39, 0.29) is 0 Å². The molecule has 1 aromatic carbocycles.